The predicted octanol–water partition coefficient (Wildman–Crippen LogP) is 4.40. The number of anilines is 2. The van der Waals surface area contributed by atoms with Crippen LogP contribution in [0.5, 0.6) is 0 Å². The summed E-state index contributed by atoms with van der Waals surface area (Å²) in [4.78, 5) is 18.1. The van der Waals surface area contributed by atoms with Gasteiger partial charge in [0.1, 0.15) is 5.69 Å². The van der Waals surface area contributed by atoms with E-state index in [2.05, 4.69) is 15.3 Å². The van der Waals surface area contributed by atoms with Gasteiger partial charge >= 0.3 is 5.69 Å². The summed E-state index contributed by atoms with van der Waals surface area (Å²) < 4.78 is 0. The third-order valence-electron chi connectivity index (χ3n) is 2.40. The Labute approximate surface area is 128 Å². The molecule has 1 N–H and O–H groups in total. The Kier molecular flexibility index (Phi) is 4.27. The van der Waals surface area contributed by atoms with Crippen LogP contribution in [-0.4, -0.2) is 14.9 Å². The van der Waals surface area contributed by atoms with E-state index in [0.717, 1.165) is 0 Å². The molecule has 1 heterocycles. The van der Waals surface area contributed by atoms with Crippen LogP contribution in [-0.2, 0) is 0 Å². The SMILES string of the molecule is Cc1nc(Cl)nc(Nc2ccc(Cl)cc2Cl)c1[N+](=O)[O-]. The summed E-state index contributed by atoms with van der Waals surface area (Å²) >= 11 is 17.5. The maximum absolute atomic E-state index is 11.1. The zero-order valence-electron chi connectivity index (χ0n) is 10.0. The Hall–Kier alpha value is -1.63. The van der Waals surface area contributed by atoms with Crippen molar-refractivity contribution in [1.29, 1.82) is 0 Å². The number of hydrogen-bond donors (Lipinski definition) is 1. The average Bonchev–Trinajstić information content (AvgIpc) is 2.31. The van der Waals surface area contributed by atoms with Gasteiger partial charge in [-0.15, -0.1) is 0 Å². The van der Waals surface area contributed by atoms with Crippen LogP contribution in [0.4, 0.5) is 17.2 Å². The van der Waals surface area contributed by atoms with Gasteiger partial charge in [-0.25, -0.2) is 4.98 Å². The van der Waals surface area contributed by atoms with E-state index in [9.17, 15) is 10.1 Å². The molecule has 1 aromatic carbocycles. The van der Waals surface area contributed by atoms with E-state index < -0.39 is 4.92 Å². The summed E-state index contributed by atoms with van der Waals surface area (Å²) in [5, 5.41) is 14.5. The highest BCUT2D eigenvalue weighted by atomic mass is 35.5. The summed E-state index contributed by atoms with van der Waals surface area (Å²) in [5.41, 5.74) is 0.316. The molecule has 0 spiro atoms. The highest BCUT2D eigenvalue weighted by Crippen LogP contribution is 2.33. The molecule has 0 bridgehead atoms. The van der Waals surface area contributed by atoms with E-state index in [1.54, 1.807) is 12.1 Å². The van der Waals surface area contributed by atoms with E-state index in [1.165, 1.54) is 13.0 Å². The topological polar surface area (TPSA) is 81.0 Å². The molecule has 0 radical (unpaired) electrons. The first-order valence-corrected chi connectivity index (χ1v) is 6.42. The number of rotatable bonds is 3. The lowest BCUT2D eigenvalue weighted by Crippen LogP contribution is -2.04. The molecule has 0 unspecified atom stereocenters. The highest BCUT2D eigenvalue weighted by molar-refractivity contribution is 6.36. The molecule has 104 valence electrons. The fourth-order valence-electron chi connectivity index (χ4n) is 1.56. The van der Waals surface area contributed by atoms with Crippen LogP contribution >= 0.6 is 34.8 Å². The molecule has 0 aliphatic rings. The second-order valence-electron chi connectivity index (χ2n) is 3.78. The molecule has 0 fully saturated rings. The maximum Gasteiger partial charge on any atom is 0.332 e. The molecule has 0 atom stereocenters. The Morgan fingerprint density at radius 3 is 2.55 bits per heavy atom. The Bertz CT molecular complexity index is 694. The monoisotopic (exact) mass is 332 g/mol. The fraction of sp³-hybridized carbons (Fsp3) is 0.0909. The molecule has 2 rings (SSSR count). The lowest BCUT2D eigenvalue weighted by atomic mass is 10.3. The van der Waals surface area contributed by atoms with Crippen LogP contribution in [0.1, 0.15) is 5.69 Å². The van der Waals surface area contributed by atoms with Gasteiger partial charge in [0.2, 0.25) is 11.1 Å². The molecule has 6 nitrogen and oxygen atoms in total. The number of hydrogen-bond acceptors (Lipinski definition) is 5. The molecular formula is C11H7Cl3N4O2. The number of aryl methyl sites for hydroxylation is 1. The molecule has 1 aromatic heterocycles. The molecule has 9 heteroatoms. The van der Waals surface area contributed by atoms with E-state index in [-0.39, 0.29) is 22.5 Å². The van der Waals surface area contributed by atoms with Gasteiger partial charge in [-0.05, 0) is 36.7 Å². The van der Waals surface area contributed by atoms with Gasteiger partial charge in [-0.1, -0.05) is 23.2 Å². The number of nitrogens with one attached hydrogen (secondary N) is 1. The van der Waals surface area contributed by atoms with E-state index in [0.29, 0.717) is 15.7 Å². The van der Waals surface area contributed by atoms with Crippen molar-refractivity contribution in [2.24, 2.45) is 0 Å². The lowest BCUT2D eigenvalue weighted by Gasteiger charge is -2.09. The van der Waals surface area contributed by atoms with Crippen molar-refractivity contribution in [2.75, 3.05) is 5.32 Å². The Balaban J connectivity index is 2.50. The zero-order chi connectivity index (χ0) is 14.9. The van der Waals surface area contributed by atoms with Crippen molar-refractivity contribution in [1.82, 2.24) is 9.97 Å². The first-order valence-electron chi connectivity index (χ1n) is 5.29. The minimum absolute atomic E-state index is 0.0308. The largest absolute Gasteiger partial charge is 0.333 e. The molecule has 2 aromatic rings. The third kappa shape index (κ3) is 3.09. The van der Waals surface area contributed by atoms with Gasteiger partial charge in [0.05, 0.1) is 15.6 Å². The zero-order valence-corrected chi connectivity index (χ0v) is 12.3. The van der Waals surface area contributed by atoms with Crippen molar-refractivity contribution in [3.05, 3.63) is 49.3 Å². The first kappa shape index (κ1) is 14.8. The Morgan fingerprint density at radius 1 is 1.25 bits per heavy atom. The number of benzene rings is 1. The van der Waals surface area contributed by atoms with Gasteiger partial charge in [0.15, 0.2) is 0 Å². The van der Waals surface area contributed by atoms with Crippen LogP contribution in [0.3, 0.4) is 0 Å². The van der Waals surface area contributed by atoms with E-state index in [4.69, 9.17) is 34.8 Å². The second kappa shape index (κ2) is 5.78. The summed E-state index contributed by atoms with van der Waals surface area (Å²) in [6.45, 7) is 1.47. The summed E-state index contributed by atoms with van der Waals surface area (Å²) in [6.07, 6.45) is 0. The van der Waals surface area contributed by atoms with E-state index >= 15 is 0 Å². The fourth-order valence-corrected chi connectivity index (χ4v) is 2.22. The first-order chi connectivity index (χ1) is 9.38. The molecule has 0 amide bonds. The van der Waals surface area contributed by atoms with Gasteiger partial charge < -0.3 is 5.32 Å². The second-order valence-corrected chi connectivity index (χ2v) is 4.96. The number of nitrogens with zero attached hydrogens (tertiary/aromatic N) is 3. The minimum atomic E-state index is -0.585. The average molecular weight is 334 g/mol. The normalized spacial score (nSPS) is 10.4. The standard InChI is InChI=1S/C11H7Cl3N4O2/c1-5-9(18(19)20)10(17-11(14)15-5)16-8-3-2-6(12)4-7(8)13/h2-4H,1H3,(H,15,16,17). The minimum Gasteiger partial charge on any atom is -0.333 e. The predicted molar refractivity (Wildman–Crippen MR) is 78.2 cm³/mol. The van der Waals surface area contributed by atoms with Crippen molar-refractivity contribution >= 4 is 52.0 Å². The highest BCUT2D eigenvalue weighted by Gasteiger charge is 2.22. The van der Waals surface area contributed by atoms with Crippen LogP contribution in [0, 0.1) is 17.0 Å². The lowest BCUT2D eigenvalue weighted by molar-refractivity contribution is -0.385. The third-order valence-corrected chi connectivity index (χ3v) is 3.11. The molecule has 0 aliphatic carbocycles. The molecule has 20 heavy (non-hydrogen) atoms. The Morgan fingerprint density at radius 2 is 1.95 bits per heavy atom. The van der Waals surface area contributed by atoms with Crippen LogP contribution in [0.2, 0.25) is 15.3 Å². The summed E-state index contributed by atoms with van der Waals surface area (Å²) in [6, 6.07) is 4.68. The number of nitro groups is 1. The molecular weight excluding hydrogens is 327 g/mol. The number of aromatic nitrogens is 2. The van der Waals surface area contributed by atoms with Crippen molar-refractivity contribution < 1.29 is 4.92 Å². The van der Waals surface area contributed by atoms with Gasteiger partial charge in [-0.2, -0.15) is 4.98 Å². The quantitative estimate of drug-likeness (QED) is 0.511. The van der Waals surface area contributed by atoms with Crippen LogP contribution < -0.4 is 5.32 Å². The summed E-state index contributed by atoms with van der Waals surface area (Å²) in [7, 11) is 0. The van der Waals surface area contributed by atoms with Crippen molar-refractivity contribution in [3.8, 4) is 0 Å². The van der Waals surface area contributed by atoms with E-state index in [1.807, 2.05) is 0 Å². The van der Waals surface area contributed by atoms with Gasteiger partial charge in [0, 0.05) is 5.02 Å². The van der Waals surface area contributed by atoms with Crippen molar-refractivity contribution in [3.63, 3.8) is 0 Å². The van der Waals surface area contributed by atoms with Crippen LogP contribution in [0.25, 0.3) is 0 Å². The maximum atomic E-state index is 11.1. The van der Waals surface area contributed by atoms with Gasteiger partial charge in [0.25, 0.3) is 0 Å². The van der Waals surface area contributed by atoms with Crippen LogP contribution in [0.15, 0.2) is 18.2 Å². The smallest absolute Gasteiger partial charge is 0.332 e. The van der Waals surface area contributed by atoms with Crippen molar-refractivity contribution in [2.45, 2.75) is 6.92 Å². The molecule has 0 saturated carbocycles. The molecule has 0 saturated heterocycles. The van der Waals surface area contributed by atoms with Gasteiger partial charge in [-0.3, -0.25) is 10.1 Å². The summed E-state index contributed by atoms with van der Waals surface area (Å²) in [5.74, 6) is -0.0308. The molecule has 0 aliphatic heterocycles. The number of halogens is 3.